The summed E-state index contributed by atoms with van der Waals surface area (Å²) < 4.78 is 0. The van der Waals surface area contributed by atoms with E-state index in [2.05, 4.69) is 5.16 Å². The third-order valence-corrected chi connectivity index (χ3v) is 4.42. The summed E-state index contributed by atoms with van der Waals surface area (Å²) in [7, 11) is 0. The SMILES string of the molecule is O=C(C1=NOC(c2ccccc2)C1c1ccccc1)c1ccccc1. The van der Waals surface area contributed by atoms with Gasteiger partial charge in [-0.15, -0.1) is 0 Å². The quantitative estimate of drug-likeness (QED) is 0.647. The van der Waals surface area contributed by atoms with Gasteiger partial charge < -0.3 is 4.84 Å². The van der Waals surface area contributed by atoms with Crippen LogP contribution in [-0.4, -0.2) is 11.5 Å². The van der Waals surface area contributed by atoms with E-state index >= 15 is 0 Å². The second kappa shape index (κ2) is 6.73. The Kier molecular flexibility index (Phi) is 4.13. The fourth-order valence-electron chi connectivity index (χ4n) is 3.18. The molecule has 1 heterocycles. The Labute approximate surface area is 146 Å². The largest absolute Gasteiger partial charge is 0.386 e. The van der Waals surface area contributed by atoms with Crippen molar-refractivity contribution in [1.29, 1.82) is 0 Å². The first-order valence-electron chi connectivity index (χ1n) is 8.28. The van der Waals surface area contributed by atoms with Crippen molar-refractivity contribution in [2.24, 2.45) is 5.16 Å². The fraction of sp³-hybridized carbons (Fsp3) is 0.0909. The molecule has 0 fully saturated rings. The van der Waals surface area contributed by atoms with Gasteiger partial charge >= 0.3 is 0 Å². The van der Waals surface area contributed by atoms with Crippen molar-refractivity contribution in [2.45, 2.75) is 12.0 Å². The highest BCUT2D eigenvalue weighted by Crippen LogP contribution is 2.40. The monoisotopic (exact) mass is 327 g/mol. The van der Waals surface area contributed by atoms with Gasteiger partial charge in [0.15, 0.2) is 6.10 Å². The molecule has 0 N–H and O–H groups in total. The summed E-state index contributed by atoms with van der Waals surface area (Å²) in [5.41, 5.74) is 3.11. The molecule has 0 aliphatic carbocycles. The van der Waals surface area contributed by atoms with E-state index in [0.29, 0.717) is 11.3 Å². The van der Waals surface area contributed by atoms with Crippen molar-refractivity contribution < 1.29 is 9.63 Å². The summed E-state index contributed by atoms with van der Waals surface area (Å²) in [6.45, 7) is 0. The highest BCUT2D eigenvalue weighted by molar-refractivity contribution is 6.48. The molecule has 0 aromatic heterocycles. The molecule has 3 nitrogen and oxygen atoms in total. The molecule has 1 aliphatic heterocycles. The first-order valence-corrected chi connectivity index (χ1v) is 8.28. The molecule has 0 amide bonds. The van der Waals surface area contributed by atoms with Crippen LogP contribution < -0.4 is 0 Å². The van der Waals surface area contributed by atoms with Crippen LogP contribution in [-0.2, 0) is 4.84 Å². The van der Waals surface area contributed by atoms with Gasteiger partial charge in [-0.05, 0) is 11.1 Å². The Morgan fingerprint density at radius 2 is 1.24 bits per heavy atom. The van der Waals surface area contributed by atoms with E-state index in [0.717, 1.165) is 11.1 Å². The molecule has 3 aromatic rings. The maximum atomic E-state index is 13.0. The number of carbonyl (C=O) groups is 1. The van der Waals surface area contributed by atoms with E-state index in [9.17, 15) is 4.79 Å². The molecule has 0 saturated heterocycles. The predicted molar refractivity (Wildman–Crippen MR) is 97.7 cm³/mol. The van der Waals surface area contributed by atoms with Gasteiger partial charge in [0.1, 0.15) is 5.71 Å². The Morgan fingerprint density at radius 3 is 1.84 bits per heavy atom. The standard InChI is InChI=1S/C22H17NO2/c24-21(17-12-6-2-7-13-17)20-19(16-10-4-1-5-11-16)22(25-23-20)18-14-8-3-9-15-18/h1-15,19,22H. The van der Waals surface area contributed by atoms with Crippen LogP contribution in [0.5, 0.6) is 0 Å². The van der Waals surface area contributed by atoms with Crippen LogP contribution >= 0.6 is 0 Å². The normalized spacial score (nSPS) is 19.1. The van der Waals surface area contributed by atoms with Crippen LogP contribution in [0.3, 0.4) is 0 Å². The molecule has 2 unspecified atom stereocenters. The molecule has 0 spiro atoms. The predicted octanol–water partition coefficient (Wildman–Crippen LogP) is 4.78. The molecule has 0 bridgehead atoms. The molecule has 1 aliphatic rings. The van der Waals surface area contributed by atoms with Crippen LogP contribution in [0.25, 0.3) is 0 Å². The number of carbonyl (C=O) groups excluding carboxylic acids is 1. The zero-order valence-electron chi connectivity index (χ0n) is 13.6. The molecule has 0 saturated carbocycles. The number of nitrogens with zero attached hydrogens (tertiary/aromatic N) is 1. The Balaban J connectivity index is 1.75. The molecule has 25 heavy (non-hydrogen) atoms. The summed E-state index contributed by atoms with van der Waals surface area (Å²) in [6, 6.07) is 29.1. The van der Waals surface area contributed by atoms with Crippen molar-refractivity contribution in [3.63, 3.8) is 0 Å². The first kappa shape index (κ1) is 15.3. The minimum Gasteiger partial charge on any atom is -0.386 e. The van der Waals surface area contributed by atoms with E-state index < -0.39 is 0 Å². The van der Waals surface area contributed by atoms with Gasteiger partial charge in [-0.1, -0.05) is 96.2 Å². The van der Waals surface area contributed by atoms with Crippen molar-refractivity contribution in [2.75, 3.05) is 0 Å². The number of Topliss-reactive ketones (excluding diaryl/α,β-unsaturated/α-hetero) is 1. The van der Waals surface area contributed by atoms with Gasteiger partial charge in [-0.25, -0.2) is 0 Å². The molecule has 4 rings (SSSR count). The van der Waals surface area contributed by atoms with Gasteiger partial charge in [0.05, 0.1) is 5.92 Å². The fourth-order valence-corrected chi connectivity index (χ4v) is 3.18. The van der Waals surface area contributed by atoms with E-state index in [1.165, 1.54) is 0 Å². The topological polar surface area (TPSA) is 38.7 Å². The first-order chi connectivity index (χ1) is 12.3. The van der Waals surface area contributed by atoms with E-state index in [1.54, 1.807) is 0 Å². The smallest absolute Gasteiger partial charge is 0.211 e. The molecule has 3 aromatic carbocycles. The summed E-state index contributed by atoms with van der Waals surface area (Å²) in [6.07, 6.45) is -0.300. The van der Waals surface area contributed by atoms with Crippen LogP contribution in [0, 0.1) is 0 Å². The Morgan fingerprint density at radius 1 is 0.720 bits per heavy atom. The number of hydrogen-bond acceptors (Lipinski definition) is 3. The van der Waals surface area contributed by atoms with Crippen molar-refractivity contribution in [1.82, 2.24) is 0 Å². The zero-order valence-corrected chi connectivity index (χ0v) is 13.6. The van der Waals surface area contributed by atoms with Gasteiger partial charge in [-0.2, -0.15) is 0 Å². The van der Waals surface area contributed by atoms with Crippen LogP contribution in [0.2, 0.25) is 0 Å². The van der Waals surface area contributed by atoms with Gasteiger partial charge in [0, 0.05) is 5.56 Å². The molecule has 122 valence electrons. The summed E-state index contributed by atoms with van der Waals surface area (Å²) >= 11 is 0. The lowest BCUT2D eigenvalue weighted by Crippen LogP contribution is -2.23. The van der Waals surface area contributed by atoms with Crippen molar-refractivity contribution in [3.05, 3.63) is 108 Å². The van der Waals surface area contributed by atoms with E-state index in [-0.39, 0.29) is 17.8 Å². The highest BCUT2D eigenvalue weighted by Gasteiger charge is 2.40. The van der Waals surface area contributed by atoms with Crippen molar-refractivity contribution in [3.8, 4) is 0 Å². The Bertz CT molecular complexity index is 889. The number of hydrogen-bond donors (Lipinski definition) is 0. The number of rotatable bonds is 4. The van der Waals surface area contributed by atoms with Crippen LogP contribution in [0.15, 0.2) is 96.2 Å². The van der Waals surface area contributed by atoms with Gasteiger partial charge in [0.2, 0.25) is 5.78 Å². The Hall–Kier alpha value is -3.20. The zero-order chi connectivity index (χ0) is 17.1. The highest BCUT2D eigenvalue weighted by atomic mass is 16.6. The molecule has 3 heteroatoms. The van der Waals surface area contributed by atoms with Crippen LogP contribution in [0.4, 0.5) is 0 Å². The second-order valence-electron chi connectivity index (χ2n) is 6.00. The summed E-state index contributed by atoms with van der Waals surface area (Å²) in [4.78, 5) is 18.7. The maximum Gasteiger partial charge on any atom is 0.211 e. The van der Waals surface area contributed by atoms with Crippen LogP contribution in [0.1, 0.15) is 33.5 Å². The average Bonchev–Trinajstić information content (AvgIpc) is 3.14. The summed E-state index contributed by atoms with van der Waals surface area (Å²) in [5, 5.41) is 4.19. The average molecular weight is 327 g/mol. The molecule has 0 radical (unpaired) electrons. The minimum atomic E-state index is -0.300. The van der Waals surface area contributed by atoms with Gasteiger partial charge in [0.25, 0.3) is 0 Å². The summed E-state index contributed by atoms with van der Waals surface area (Å²) in [5.74, 6) is -0.316. The molecular weight excluding hydrogens is 310 g/mol. The lowest BCUT2D eigenvalue weighted by molar-refractivity contribution is 0.0763. The number of ketones is 1. The maximum absolute atomic E-state index is 13.0. The number of oxime groups is 1. The number of benzene rings is 3. The van der Waals surface area contributed by atoms with E-state index in [4.69, 9.17) is 4.84 Å². The lowest BCUT2D eigenvalue weighted by atomic mass is 9.83. The molecule has 2 atom stereocenters. The van der Waals surface area contributed by atoms with E-state index in [1.807, 2.05) is 91.0 Å². The second-order valence-corrected chi connectivity index (χ2v) is 6.00. The third kappa shape index (κ3) is 2.96. The third-order valence-electron chi connectivity index (χ3n) is 4.42. The van der Waals surface area contributed by atoms with Gasteiger partial charge in [-0.3, -0.25) is 4.79 Å². The van der Waals surface area contributed by atoms with Crippen molar-refractivity contribution >= 4 is 11.5 Å². The lowest BCUT2D eigenvalue weighted by Gasteiger charge is -2.19. The minimum absolute atomic E-state index is 0.0899. The molecular formula is C22H17NO2.